The molecule has 0 aromatic heterocycles. The van der Waals surface area contributed by atoms with Gasteiger partial charge in [-0.1, -0.05) is 56.0 Å². The maximum Gasteiger partial charge on any atom is 0.235 e. The van der Waals surface area contributed by atoms with Crippen LogP contribution in [-0.2, 0) is 10.2 Å². The van der Waals surface area contributed by atoms with Crippen LogP contribution in [0.3, 0.4) is 0 Å². The molecule has 0 bridgehead atoms. The first kappa shape index (κ1) is 23.8. The highest BCUT2D eigenvalue weighted by Gasteiger charge is 2.41. The third-order valence-corrected chi connectivity index (χ3v) is 7.49. The normalized spacial score (nSPS) is 20.8. The molecule has 4 nitrogen and oxygen atoms in total. The number of anilines is 1. The summed E-state index contributed by atoms with van der Waals surface area (Å²) in [5, 5.41) is 3.21. The van der Waals surface area contributed by atoms with Gasteiger partial charge in [-0.2, -0.15) is 0 Å². The molecule has 4 heteroatoms. The SMILES string of the molecule is Cc1ccc(C2(C(=O)Nc3ccc(OCCCN4CCCC(C)C4)cc3)CCCCC2)cc1. The van der Waals surface area contributed by atoms with E-state index in [-0.39, 0.29) is 5.91 Å². The molecule has 2 fully saturated rings. The van der Waals surface area contributed by atoms with E-state index in [0.717, 1.165) is 68.2 Å². The molecule has 1 saturated carbocycles. The molecule has 178 valence electrons. The highest BCUT2D eigenvalue weighted by atomic mass is 16.5. The first-order chi connectivity index (χ1) is 16.0. The van der Waals surface area contributed by atoms with E-state index in [2.05, 4.69) is 48.3 Å². The molecule has 33 heavy (non-hydrogen) atoms. The number of amides is 1. The fourth-order valence-corrected chi connectivity index (χ4v) is 5.53. The largest absolute Gasteiger partial charge is 0.494 e. The van der Waals surface area contributed by atoms with Crippen molar-refractivity contribution in [1.82, 2.24) is 4.90 Å². The zero-order valence-electron chi connectivity index (χ0n) is 20.4. The second-order valence-corrected chi connectivity index (χ2v) is 10.2. The predicted octanol–water partition coefficient (Wildman–Crippen LogP) is 6.34. The molecule has 2 aromatic carbocycles. The maximum absolute atomic E-state index is 13.5. The van der Waals surface area contributed by atoms with E-state index in [9.17, 15) is 4.79 Å². The number of rotatable bonds is 8. The molecule has 1 unspecified atom stereocenters. The van der Waals surface area contributed by atoms with Crippen LogP contribution in [-0.4, -0.2) is 37.0 Å². The van der Waals surface area contributed by atoms with Gasteiger partial charge in [-0.15, -0.1) is 0 Å². The summed E-state index contributed by atoms with van der Waals surface area (Å²) in [5.41, 5.74) is 2.79. The number of ether oxygens (including phenoxy) is 1. The number of benzene rings is 2. The number of hydrogen-bond donors (Lipinski definition) is 1. The molecule has 2 aromatic rings. The predicted molar refractivity (Wildman–Crippen MR) is 136 cm³/mol. The summed E-state index contributed by atoms with van der Waals surface area (Å²) >= 11 is 0. The van der Waals surface area contributed by atoms with E-state index >= 15 is 0 Å². The Morgan fingerprint density at radius 2 is 1.76 bits per heavy atom. The molecule has 1 amide bonds. The minimum atomic E-state index is -0.424. The summed E-state index contributed by atoms with van der Waals surface area (Å²) in [7, 11) is 0. The molecule has 0 spiro atoms. The van der Waals surface area contributed by atoms with Crippen LogP contribution in [0.2, 0.25) is 0 Å². The van der Waals surface area contributed by atoms with Gasteiger partial charge in [0, 0.05) is 18.8 Å². The standard InChI is InChI=1S/C29H40N2O2/c1-23-9-11-25(12-10-23)29(17-4-3-5-18-29)28(32)30-26-13-15-27(16-14-26)33-21-7-20-31-19-6-8-24(2)22-31/h9-16,24H,3-8,17-22H2,1-2H3,(H,30,32). The Kier molecular flexibility index (Phi) is 8.08. The van der Waals surface area contributed by atoms with Crippen molar-refractivity contribution in [3.05, 3.63) is 59.7 Å². The molecular weight excluding hydrogens is 408 g/mol. The van der Waals surface area contributed by atoms with E-state index in [1.165, 1.54) is 37.9 Å². The zero-order chi connectivity index (χ0) is 23.1. The van der Waals surface area contributed by atoms with Crippen LogP contribution in [0.4, 0.5) is 5.69 Å². The van der Waals surface area contributed by atoms with Gasteiger partial charge in [0.2, 0.25) is 5.91 Å². The van der Waals surface area contributed by atoms with Gasteiger partial charge in [-0.3, -0.25) is 4.79 Å². The van der Waals surface area contributed by atoms with Crippen molar-refractivity contribution in [2.75, 3.05) is 31.6 Å². The van der Waals surface area contributed by atoms with E-state index in [0.29, 0.717) is 0 Å². The van der Waals surface area contributed by atoms with Gasteiger partial charge in [0.25, 0.3) is 0 Å². The minimum Gasteiger partial charge on any atom is -0.494 e. The maximum atomic E-state index is 13.5. The Morgan fingerprint density at radius 1 is 1.03 bits per heavy atom. The molecule has 1 aliphatic heterocycles. The van der Waals surface area contributed by atoms with Crippen molar-refractivity contribution in [2.24, 2.45) is 5.92 Å². The fraction of sp³-hybridized carbons (Fsp3) is 0.552. The quantitative estimate of drug-likeness (QED) is 0.479. The Bertz CT molecular complexity index is 885. The van der Waals surface area contributed by atoms with Crippen LogP contribution in [0, 0.1) is 12.8 Å². The smallest absolute Gasteiger partial charge is 0.235 e. The Balaban J connectivity index is 1.31. The molecule has 1 aliphatic carbocycles. The van der Waals surface area contributed by atoms with Gasteiger partial charge in [-0.25, -0.2) is 0 Å². The van der Waals surface area contributed by atoms with Gasteiger partial charge in [0.05, 0.1) is 12.0 Å². The monoisotopic (exact) mass is 448 g/mol. The number of hydrogen-bond acceptors (Lipinski definition) is 3. The zero-order valence-corrected chi connectivity index (χ0v) is 20.4. The van der Waals surface area contributed by atoms with Crippen molar-refractivity contribution < 1.29 is 9.53 Å². The number of carbonyl (C=O) groups is 1. The Morgan fingerprint density at radius 3 is 2.45 bits per heavy atom. The van der Waals surface area contributed by atoms with Gasteiger partial charge in [0.1, 0.15) is 5.75 Å². The molecule has 1 saturated heterocycles. The van der Waals surface area contributed by atoms with Gasteiger partial charge >= 0.3 is 0 Å². The van der Waals surface area contributed by atoms with Crippen LogP contribution >= 0.6 is 0 Å². The second kappa shape index (κ2) is 11.2. The molecule has 1 atom stereocenters. The lowest BCUT2D eigenvalue weighted by atomic mass is 9.68. The number of carbonyl (C=O) groups excluding carboxylic acids is 1. The molecule has 1 heterocycles. The average molecular weight is 449 g/mol. The van der Waals surface area contributed by atoms with Crippen molar-refractivity contribution in [2.45, 2.75) is 70.6 Å². The highest BCUT2D eigenvalue weighted by molar-refractivity contribution is 5.99. The number of piperidine rings is 1. The number of aryl methyl sites for hydroxylation is 1. The summed E-state index contributed by atoms with van der Waals surface area (Å²) in [6.07, 6.45) is 8.98. The van der Waals surface area contributed by atoms with Gasteiger partial charge in [0.15, 0.2) is 0 Å². The minimum absolute atomic E-state index is 0.121. The fourth-order valence-electron chi connectivity index (χ4n) is 5.53. The van der Waals surface area contributed by atoms with Crippen LogP contribution < -0.4 is 10.1 Å². The molecule has 0 radical (unpaired) electrons. The van der Waals surface area contributed by atoms with Crippen molar-refractivity contribution >= 4 is 11.6 Å². The lowest BCUT2D eigenvalue weighted by Crippen LogP contribution is -2.42. The Hall–Kier alpha value is -2.33. The summed E-state index contributed by atoms with van der Waals surface area (Å²) in [6.45, 7) is 8.73. The lowest BCUT2D eigenvalue weighted by Gasteiger charge is -2.36. The van der Waals surface area contributed by atoms with E-state index in [4.69, 9.17) is 4.74 Å². The van der Waals surface area contributed by atoms with Crippen LogP contribution in [0.1, 0.15) is 69.4 Å². The summed E-state index contributed by atoms with van der Waals surface area (Å²) in [5.74, 6) is 1.81. The number of nitrogens with zero attached hydrogens (tertiary/aromatic N) is 1. The summed E-state index contributed by atoms with van der Waals surface area (Å²) in [6, 6.07) is 16.4. The first-order valence-corrected chi connectivity index (χ1v) is 12.9. The summed E-state index contributed by atoms with van der Waals surface area (Å²) < 4.78 is 5.96. The van der Waals surface area contributed by atoms with Crippen molar-refractivity contribution in [3.8, 4) is 5.75 Å². The highest BCUT2D eigenvalue weighted by Crippen LogP contribution is 2.40. The lowest BCUT2D eigenvalue weighted by molar-refractivity contribution is -0.122. The average Bonchev–Trinajstić information content (AvgIpc) is 2.84. The first-order valence-electron chi connectivity index (χ1n) is 12.9. The van der Waals surface area contributed by atoms with E-state index in [1.807, 2.05) is 24.3 Å². The van der Waals surface area contributed by atoms with Gasteiger partial charge in [-0.05, 0) is 81.3 Å². The topological polar surface area (TPSA) is 41.6 Å². The van der Waals surface area contributed by atoms with Crippen molar-refractivity contribution in [1.29, 1.82) is 0 Å². The van der Waals surface area contributed by atoms with Crippen LogP contribution in [0.15, 0.2) is 48.5 Å². The van der Waals surface area contributed by atoms with Gasteiger partial charge < -0.3 is 15.0 Å². The van der Waals surface area contributed by atoms with Crippen LogP contribution in [0.25, 0.3) is 0 Å². The Labute approximate surface area is 199 Å². The second-order valence-electron chi connectivity index (χ2n) is 10.2. The van der Waals surface area contributed by atoms with Crippen LogP contribution in [0.5, 0.6) is 5.75 Å². The third kappa shape index (κ3) is 6.17. The van der Waals surface area contributed by atoms with E-state index in [1.54, 1.807) is 0 Å². The molecule has 4 rings (SSSR count). The number of nitrogens with one attached hydrogen (secondary N) is 1. The molecular formula is C29H40N2O2. The van der Waals surface area contributed by atoms with E-state index < -0.39 is 5.41 Å². The molecule has 1 N–H and O–H groups in total. The van der Waals surface area contributed by atoms with Crippen molar-refractivity contribution in [3.63, 3.8) is 0 Å². The summed E-state index contributed by atoms with van der Waals surface area (Å²) in [4.78, 5) is 16.1. The number of likely N-dealkylation sites (tertiary alicyclic amines) is 1. The third-order valence-electron chi connectivity index (χ3n) is 7.49. The molecule has 2 aliphatic rings.